The van der Waals surface area contributed by atoms with Gasteiger partial charge < -0.3 is 5.11 Å². The van der Waals surface area contributed by atoms with Crippen molar-refractivity contribution in [3.63, 3.8) is 0 Å². The van der Waals surface area contributed by atoms with Gasteiger partial charge in [0.15, 0.2) is 0 Å². The molecule has 2 aromatic rings. The maximum Gasteiger partial charge on any atom is 0.327 e. The molecule has 14 heavy (non-hydrogen) atoms. The van der Waals surface area contributed by atoms with Crippen molar-refractivity contribution in [2.24, 2.45) is 0 Å². The minimum Gasteiger partial charge on any atom is -0.400 e. The molecule has 76 valence electrons. The monoisotopic (exact) mass is 200 g/mol. The van der Waals surface area contributed by atoms with Crippen molar-refractivity contribution in [3.8, 4) is 0 Å². The van der Waals surface area contributed by atoms with Gasteiger partial charge in [-0.05, 0) is 0 Å². The summed E-state index contributed by atoms with van der Waals surface area (Å²) in [7, 11) is 1.00. The average Bonchev–Trinajstić information content (AvgIpc) is 2.49. The summed E-state index contributed by atoms with van der Waals surface area (Å²) in [5.41, 5.74) is -1.65. The third-order valence-corrected chi connectivity index (χ3v) is 1.42. The molecule has 2 heterocycles. The maximum absolute atomic E-state index is 10.9. The maximum atomic E-state index is 10.9. The molecule has 5 N–H and O–H groups in total. The molecule has 0 radical (unpaired) electrons. The molecule has 0 saturated carbocycles. The number of aromatic nitrogens is 4. The van der Waals surface area contributed by atoms with Crippen molar-refractivity contribution in [3.05, 3.63) is 31.3 Å². The molecular formula is C6H8N4O4. The van der Waals surface area contributed by atoms with Crippen molar-refractivity contribution in [2.45, 2.75) is 0 Å². The van der Waals surface area contributed by atoms with Gasteiger partial charge in [-0.15, -0.1) is 0 Å². The van der Waals surface area contributed by atoms with E-state index in [4.69, 9.17) is 5.11 Å². The molecule has 0 aliphatic carbocycles. The first-order valence-electron chi connectivity index (χ1n) is 3.56. The smallest absolute Gasteiger partial charge is 0.327 e. The van der Waals surface area contributed by atoms with Crippen LogP contribution in [-0.2, 0) is 0 Å². The van der Waals surface area contributed by atoms with Crippen molar-refractivity contribution < 1.29 is 5.11 Å². The van der Waals surface area contributed by atoms with Gasteiger partial charge in [0.2, 0.25) is 0 Å². The van der Waals surface area contributed by atoms with Crippen LogP contribution in [0.5, 0.6) is 0 Å². The molecule has 0 amide bonds. The molecule has 8 heteroatoms. The van der Waals surface area contributed by atoms with Crippen LogP contribution < -0.4 is 16.9 Å². The van der Waals surface area contributed by atoms with Gasteiger partial charge in [0.05, 0.1) is 0 Å². The minimum absolute atomic E-state index is 0.0413. The first kappa shape index (κ1) is 9.99. The van der Waals surface area contributed by atoms with E-state index in [1.165, 1.54) is 0 Å². The molecule has 0 aliphatic heterocycles. The molecule has 0 aliphatic rings. The Balaban J connectivity index is 0.000000461. The van der Waals surface area contributed by atoms with Gasteiger partial charge in [0, 0.05) is 7.11 Å². The quantitative estimate of drug-likeness (QED) is 0.331. The molecule has 0 atom stereocenters. The van der Waals surface area contributed by atoms with E-state index in [0.717, 1.165) is 7.11 Å². The van der Waals surface area contributed by atoms with E-state index < -0.39 is 16.9 Å². The number of fused-ring (bicyclic) bond motifs is 1. The number of nitrogens with one attached hydrogen (secondary N) is 4. The van der Waals surface area contributed by atoms with Gasteiger partial charge in [-0.25, -0.2) is 9.59 Å². The van der Waals surface area contributed by atoms with Gasteiger partial charge in [0.1, 0.15) is 11.2 Å². The van der Waals surface area contributed by atoms with E-state index in [0.29, 0.717) is 0 Å². The lowest BCUT2D eigenvalue weighted by molar-refractivity contribution is 0.399. The highest BCUT2D eigenvalue weighted by atomic mass is 16.2. The summed E-state index contributed by atoms with van der Waals surface area (Å²) in [6.07, 6.45) is 0. The van der Waals surface area contributed by atoms with Crippen LogP contribution in [0.15, 0.2) is 14.4 Å². The van der Waals surface area contributed by atoms with E-state index >= 15 is 0 Å². The molecule has 0 spiro atoms. The Morgan fingerprint density at radius 1 is 0.857 bits per heavy atom. The van der Waals surface area contributed by atoms with E-state index in [2.05, 4.69) is 15.0 Å². The highest BCUT2D eigenvalue weighted by Crippen LogP contribution is 1.88. The zero-order chi connectivity index (χ0) is 10.7. The van der Waals surface area contributed by atoms with Crippen LogP contribution >= 0.6 is 0 Å². The molecule has 2 aromatic heterocycles. The van der Waals surface area contributed by atoms with Crippen LogP contribution in [-0.4, -0.2) is 32.2 Å². The summed E-state index contributed by atoms with van der Waals surface area (Å²) in [6.45, 7) is 0. The Labute approximate surface area is 75.6 Å². The summed E-state index contributed by atoms with van der Waals surface area (Å²) >= 11 is 0. The molecule has 8 nitrogen and oxygen atoms in total. The summed E-state index contributed by atoms with van der Waals surface area (Å²) in [5, 5.41) is 7.00. The summed E-state index contributed by atoms with van der Waals surface area (Å²) in [4.78, 5) is 41.0. The normalized spacial score (nSPS) is 9.57. The second-order valence-electron chi connectivity index (χ2n) is 2.24. The molecule has 0 saturated heterocycles. The predicted molar refractivity (Wildman–Crippen MR) is 48.3 cm³/mol. The highest BCUT2D eigenvalue weighted by Gasteiger charge is 2.02. The fourth-order valence-corrected chi connectivity index (χ4v) is 0.958. The number of hydrogen-bond acceptors (Lipinski definition) is 4. The van der Waals surface area contributed by atoms with Crippen molar-refractivity contribution >= 4 is 11.2 Å². The summed E-state index contributed by atoms with van der Waals surface area (Å²) in [5.74, 6) is 0. The lowest BCUT2D eigenvalue weighted by Crippen LogP contribution is -2.21. The van der Waals surface area contributed by atoms with E-state index in [1.807, 2.05) is 4.98 Å². The number of H-pyrrole nitrogens is 4. The predicted octanol–water partition coefficient (Wildman–Crippen LogP) is -2.16. The Morgan fingerprint density at radius 2 is 1.36 bits per heavy atom. The number of aromatic amines is 4. The molecule has 0 unspecified atom stereocenters. The third-order valence-electron chi connectivity index (χ3n) is 1.42. The second kappa shape index (κ2) is 3.75. The first-order valence-corrected chi connectivity index (χ1v) is 3.56. The fraction of sp³-hybridized carbons (Fsp3) is 0.167. The van der Waals surface area contributed by atoms with Gasteiger partial charge in [0.25, 0.3) is 5.56 Å². The number of aliphatic hydroxyl groups is 1. The van der Waals surface area contributed by atoms with Crippen LogP contribution in [0.25, 0.3) is 11.2 Å². The SMILES string of the molecule is CO.O=c1[nH]c(=O)c2[nH]c(=O)[nH]c2[nH]1. The van der Waals surface area contributed by atoms with E-state index in [1.54, 1.807) is 0 Å². The van der Waals surface area contributed by atoms with Gasteiger partial charge in [-0.3, -0.25) is 24.7 Å². The molecule has 2 rings (SSSR count). The standard InChI is InChI=1S/C5H4N4O3.CH4O/c10-3-1-2(7-4(11)6-1)8-5(12)9-3;1-2/h(H4,6,7,8,9,10,11,12);2H,1H3. The second-order valence-corrected chi connectivity index (χ2v) is 2.24. The fourth-order valence-electron chi connectivity index (χ4n) is 0.958. The number of aliphatic hydroxyl groups excluding tert-OH is 1. The minimum atomic E-state index is -0.650. The van der Waals surface area contributed by atoms with Gasteiger partial charge >= 0.3 is 11.4 Å². The van der Waals surface area contributed by atoms with Crippen molar-refractivity contribution in [2.75, 3.05) is 7.11 Å². The van der Waals surface area contributed by atoms with Crippen LogP contribution in [0.3, 0.4) is 0 Å². The van der Waals surface area contributed by atoms with Crippen LogP contribution in [0, 0.1) is 0 Å². The molecule has 0 bridgehead atoms. The number of imidazole rings is 1. The molecule has 0 aromatic carbocycles. The Kier molecular flexibility index (Phi) is 2.67. The van der Waals surface area contributed by atoms with Crippen LogP contribution in [0.1, 0.15) is 0 Å². The van der Waals surface area contributed by atoms with Crippen LogP contribution in [0.4, 0.5) is 0 Å². The largest absolute Gasteiger partial charge is 0.400 e. The average molecular weight is 200 g/mol. The molecule has 0 fully saturated rings. The summed E-state index contributed by atoms with van der Waals surface area (Å²) < 4.78 is 0. The van der Waals surface area contributed by atoms with Crippen LogP contribution in [0.2, 0.25) is 0 Å². The third kappa shape index (κ3) is 1.64. The molecular weight excluding hydrogens is 192 g/mol. The zero-order valence-corrected chi connectivity index (χ0v) is 7.17. The number of rotatable bonds is 0. The van der Waals surface area contributed by atoms with Crippen molar-refractivity contribution in [1.29, 1.82) is 0 Å². The van der Waals surface area contributed by atoms with E-state index in [9.17, 15) is 14.4 Å². The van der Waals surface area contributed by atoms with Crippen molar-refractivity contribution in [1.82, 2.24) is 19.9 Å². The lowest BCUT2D eigenvalue weighted by Gasteiger charge is -1.83. The zero-order valence-electron chi connectivity index (χ0n) is 7.17. The lowest BCUT2D eigenvalue weighted by atomic mass is 10.5. The van der Waals surface area contributed by atoms with Gasteiger partial charge in [-0.1, -0.05) is 0 Å². The highest BCUT2D eigenvalue weighted by molar-refractivity contribution is 5.67. The van der Waals surface area contributed by atoms with Gasteiger partial charge in [-0.2, -0.15) is 0 Å². The Bertz CT molecular complexity index is 586. The Morgan fingerprint density at radius 3 is 1.93 bits per heavy atom. The Hall–Kier alpha value is -2.09. The number of hydrogen-bond donors (Lipinski definition) is 5. The van der Waals surface area contributed by atoms with E-state index in [-0.39, 0.29) is 11.2 Å². The topological polar surface area (TPSA) is 135 Å². The first-order chi connectivity index (χ1) is 6.66. The summed E-state index contributed by atoms with van der Waals surface area (Å²) in [6, 6.07) is 0.